The van der Waals surface area contributed by atoms with E-state index in [1.807, 2.05) is 37.3 Å². The van der Waals surface area contributed by atoms with Gasteiger partial charge in [0.1, 0.15) is 0 Å². The molecule has 0 spiro atoms. The molecule has 1 aromatic carbocycles. The lowest BCUT2D eigenvalue weighted by molar-refractivity contribution is -0.122. The SMILES string of the molecule is CCOCCCC(=O)NCC(OC)c1ccccc1. The molecule has 1 atom stereocenters. The monoisotopic (exact) mass is 265 g/mol. The quantitative estimate of drug-likeness (QED) is 0.697. The minimum Gasteiger partial charge on any atom is -0.382 e. The van der Waals surface area contributed by atoms with Crippen molar-refractivity contribution in [2.24, 2.45) is 0 Å². The fourth-order valence-electron chi connectivity index (χ4n) is 1.78. The smallest absolute Gasteiger partial charge is 0.220 e. The van der Waals surface area contributed by atoms with E-state index in [2.05, 4.69) is 5.32 Å². The number of carbonyl (C=O) groups is 1. The molecule has 1 aromatic rings. The maximum absolute atomic E-state index is 11.6. The Morgan fingerprint density at radius 1 is 1.32 bits per heavy atom. The molecule has 0 radical (unpaired) electrons. The molecule has 1 rings (SSSR count). The number of hydrogen-bond acceptors (Lipinski definition) is 3. The van der Waals surface area contributed by atoms with Crippen molar-refractivity contribution < 1.29 is 14.3 Å². The van der Waals surface area contributed by atoms with Crippen LogP contribution in [0.3, 0.4) is 0 Å². The summed E-state index contributed by atoms with van der Waals surface area (Å²) in [6.45, 7) is 3.77. The van der Waals surface area contributed by atoms with Crippen molar-refractivity contribution in [2.45, 2.75) is 25.9 Å². The highest BCUT2D eigenvalue weighted by Crippen LogP contribution is 2.14. The molecule has 0 aliphatic rings. The lowest BCUT2D eigenvalue weighted by Gasteiger charge is -2.16. The van der Waals surface area contributed by atoms with Crippen molar-refractivity contribution in [1.82, 2.24) is 5.32 Å². The third kappa shape index (κ3) is 6.36. The number of hydrogen-bond donors (Lipinski definition) is 1. The van der Waals surface area contributed by atoms with Crippen molar-refractivity contribution in [2.75, 3.05) is 26.9 Å². The van der Waals surface area contributed by atoms with Gasteiger partial charge in [0.2, 0.25) is 5.91 Å². The van der Waals surface area contributed by atoms with Crippen LogP contribution in [0.15, 0.2) is 30.3 Å². The third-order valence-electron chi connectivity index (χ3n) is 2.84. The summed E-state index contributed by atoms with van der Waals surface area (Å²) in [6.07, 6.45) is 1.14. The summed E-state index contributed by atoms with van der Waals surface area (Å²) in [7, 11) is 1.65. The molecule has 1 amide bonds. The van der Waals surface area contributed by atoms with E-state index >= 15 is 0 Å². The number of rotatable bonds is 9. The first-order valence-electron chi connectivity index (χ1n) is 6.70. The molecule has 4 heteroatoms. The molecule has 0 heterocycles. The highest BCUT2D eigenvalue weighted by Gasteiger charge is 2.11. The Morgan fingerprint density at radius 3 is 2.68 bits per heavy atom. The molecular weight excluding hydrogens is 242 g/mol. The summed E-state index contributed by atoms with van der Waals surface area (Å²) >= 11 is 0. The largest absolute Gasteiger partial charge is 0.382 e. The van der Waals surface area contributed by atoms with Gasteiger partial charge in [-0.2, -0.15) is 0 Å². The summed E-state index contributed by atoms with van der Waals surface area (Å²) in [5, 5.41) is 2.89. The van der Waals surface area contributed by atoms with Crippen molar-refractivity contribution >= 4 is 5.91 Å². The Bertz CT molecular complexity index is 354. The number of amides is 1. The van der Waals surface area contributed by atoms with Gasteiger partial charge in [-0.25, -0.2) is 0 Å². The van der Waals surface area contributed by atoms with Gasteiger partial charge in [0, 0.05) is 33.3 Å². The minimum absolute atomic E-state index is 0.0395. The molecule has 0 aliphatic heterocycles. The standard InChI is InChI=1S/C15H23NO3/c1-3-19-11-7-10-15(17)16-12-14(18-2)13-8-5-4-6-9-13/h4-6,8-9,14H,3,7,10-12H2,1-2H3,(H,16,17). The number of ether oxygens (including phenoxy) is 2. The van der Waals surface area contributed by atoms with Gasteiger partial charge in [0.15, 0.2) is 0 Å². The van der Waals surface area contributed by atoms with Crippen LogP contribution in [0.5, 0.6) is 0 Å². The summed E-state index contributed by atoms with van der Waals surface area (Å²) in [5.41, 5.74) is 1.07. The van der Waals surface area contributed by atoms with Gasteiger partial charge < -0.3 is 14.8 Å². The highest BCUT2D eigenvalue weighted by molar-refractivity contribution is 5.75. The van der Waals surface area contributed by atoms with Crippen LogP contribution in [0.25, 0.3) is 0 Å². The van der Waals surface area contributed by atoms with Crippen LogP contribution < -0.4 is 5.32 Å². The maximum Gasteiger partial charge on any atom is 0.220 e. The van der Waals surface area contributed by atoms with Crippen LogP contribution in [-0.4, -0.2) is 32.8 Å². The minimum atomic E-state index is -0.1000. The van der Waals surface area contributed by atoms with E-state index in [1.54, 1.807) is 7.11 Å². The number of benzene rings is 1. The predicted molar refractivity (Wildman–Crippen MR) is 74.9 cm³/mol. The van der Waals surface area contributed by atoms with Gasteiger partial charge in [0.25, 0.3) is 0 Å². The third-order valence-corrected chi connectivity index (χ3v) is 2.84. The molecule has 1 N–H and O–H groups in total. The first kappa shape index (κ1) is 15.7. The molecule has 0 fully saturated rings. The number of carbonyl (C=O) groups excluding carboxylic acids is 1. The van der Waals surface area contributed by atoms with Crippen molar-refractivity contribution in [3.8, 4) is 0 Å². The molecule has 0 aliphatic carbocycles. The average Bonchev–Trinajstić information content (AvgIpc) is 2.45. The highest BCUT2D eigenvalue weighted by atomic mass is 16.5. The molecule has 106 valence electrons. The van der Waals surface area contributed by atoms with E-state index < -0.39 is 0 Å². The fourth-order valence-corrected chi connectivity index (χ4v) is 1.78. The first-order valence-corrected chi connectivity index (χ1v) is 6.70. The van der Waals surface area contributed by atoms with Crippen molar-refractivity contribution in [3.63, 3.8) is 0 Å². The van der Waals surface area contributed by atoms with Gasteiger partial charge >= 0.3 is 0 Å². The predicted octanol–water partition coefficient (Wildman–Crippen LogP) is 2.31. The Balaban J connectivity index is 2.28. The van der Waals surface area contributed by atoms with Gasteiger partial charge in [-0.15, -0.1) is 0 Å². The van der Waals surface area contributed by atoms with E-state index in [-0.39, 0.29) is 12.0 Å². The van der Waals surface area contributed by atoms with Crippen molar-refractivity contribution in [1.29, 1.82) is 0 Å². The van der Waals surface area contributed by atoms with E-state index in [0.717, 1.165) is 12.0 Å². The zero-order chi connectivity index (χ0) is 13.9. The Hall–Kier alpha value is -1.39. The Kier molecular flexibility index (Phi) is 7.86. The Labute approximate surface area is 115 Å². The van der Waals surface area contributed by atoms with Crippen LogP contribution >= 0.6 is 0 Å². The first-order chi connectivity index (χ1) is 9.27. The normalized spacial score (nSPS) is 12.1. The van der Waals surface area contributed by atoms with Gasteiger partial charge in [0.05, 0.1) is 6.10 Å². The molecule has 0 bridgehead atoms. The van der Waals surface area contributed by atoms with Crippen LogP contribution in [0.2, 0.25) is 0 Å². The molecule has 0 aromatic heterocycles. The molecule has 1 unspecified atom stereocenters. The maximum atomic E-state index is 11.6. The summed E-state index contributed by atoms with van der Waals surface area (Å²) < 4.78 is 10.6. The van der Waals surface area contributed by atoms with Crippen LogP contribution in [0, 0.1) is 0 Å². The summed E-state index contributed by atoms with van der Waals surface area (Å²) in [6, 6.07) is 9.88. The van der Waals surface area contributed by atoms with E-state index in [1.165, 1.54) is 0 Å². The zero-order valence-corrected chi connectivity index (χ0v) is 11.7. The van der Waals surface area contributed by atoms with E-state index in [9.17, 15) is 4.79 Å². The van der Waals surface area contributed by atoms with Gasteiger partial charge in [-0.3, -0.25) is 4.79 Å². The lowest BCUT2D eigenvalue weighted by Crippen LogP contribution is -2.29. The van der Waals surface area contributed by atoms with Crippen LogP contribution in [0.1, 0.15) is 31.4 Å². The topological polar surface area (TPSA) is 47.6 Å². The average molecular weight is 265 g/mol. The number of methoxy groups -OCH3 is 1. The van der Waals surface area contributed by atoms with Crippen LogP contribution in [-0.2, 0) is 14.3 Å². The Morgan fingerprint density at radius 2 is 2.05 bits per heavy atom. The number of nitrogens with one attached hydrogen (secondary N) is 1. The zero-order valence-electron chi connectivity index (χ0n) is 11.7. The van der Waals surface area contributed by atoms with Gasteiger partial charge in [-0.1, -0.05) is 30.3 Å². The van der Waals surface area contributed by atoms with Crippen molar-refractivity contribution in [3.05, 3.63) is 35.9 Å². The molecule has 19 heavy (non-hydrogen) atoms. The second-order valence-electron chi connectivity index (χ2n) is 4.24. The van der Waals surface area contributed by atoms with Gasteiger partial charge in [-0.05, 0) is 18.9 Å². The fraction of sp³-hybridized carbons (Fsp3) is 0.533. The molecule has 0 saturated heterocycles. The van der Waals surface area contributed by atoms with E-state index in [4.69, 9.17) is 9.47 Å². The summed E-state index contributed by atoms with van der Waals surface area (Å²) in [4.78, 5) is 11.6. The molecular formula is C15H23NO3. The summed E-state index contributed by atoms with van der Waals surface area (Å²) in [5.74, 6) is 0.0395. The molecule has 4 nitrogen and oxygen atoms in total. The second-order valence-corrected chi connectivity index (χ2v) is 4.24. The molecule has 0 saturated carbocycles. The second kappa shape index (κ2) is 9.53. The lowest BCUT2D eigenvalue weighted by atomic mass is 10.1. The van der Waals surface area contributed by atoms with E-state index in [0.29, 0.717) is 26.2 Å². The van der Waals surface area contributed by atoms with Crippen LogP contribution in [0.4, 0.5) is 0 Å².